The largest absolute Gasteiger partial charge is 0.452 e. The summed E-state index contributed by atoms with van der Waals surface area (Å²) in [5.74, 6) is -1.29. The lowest BCUT2D eigenvalue weighted by molar-refractivity contribution is -0.124. The highest BCUT2D eigenvalue weighted by atomic mass is 35.5. The topological polar surface area (TPSA) is 92.8 Å². The molecule has 1 rings (SSSR count). The van der Waals surface area contributed by atoms with Crippen LogP contribution in [-0.2, 0) is 19.6 Å². The average Bonchev–Trinajstić information content (AvgIpc) is 2.52. The van der Waals surface area contributed by atoms with E-state index in [1.807, 2.05) is 13.8 Å². The van der Waals surface area contributed by atoms with E-state index in [4.69, 9.17) is 16.3 Å². The van der Waals surface area contributed by atoms with Gasteiger partial charge in [0.05, 0.1) is 15.5 Å². The van der Waals surface area contributed by atoms with Gasteiger partial charge in [-0.25, -0.2) is 17.5 Å². The zero-order valence-corrected chi connectivity index (χ0v) is 16.3. The molecule has 0 heterocycles. The first-order valence-corrected chi connectivity index (χ1v) is 9.60. The summed E-state index contributed by atoms with van der Waals surface area (Å²) in [6.07, 6.45) is 1.74. The van der Waals surface area contributed by atoms with Crippen LogP contribution in [0, 0.1) is 0 Å². The second-order valence-corrected chi connectivity index (χ2v) is 8.32. The number of esters is 1. The number of benzene rings is 1. The van der Waals surface area contributed by atoms with Gasteiger partial charge >= 0.3 is 5.97 Å². The zero-order chi connectivity index (χ0) is 19.2. The maximum absolute atomic E-state index is 12.1. The lowest BCUT2D eigenvalue weighted by Gasteiger charge is -2.14. The van der Waals surface area contributed by atoms with E-state index >= 15 is 0 Å². The summed E-state index contributed by atoms with van der Waals surface area (Å²) in [4.78, 5) is 23.8. The van der Waals surface area contributed by atoms with Gasteiger partial charge in [-0.3, -0.25) is 4.79 Å². The molecule has 25 heavy (non-hydrogen) atoms. The SMILES string of the molecule is CCCC(C)NC(=O)COC(=O)c1cc(S(=O)(=O)N(C)C)ccc1Cl. The first-order valence-electron chi connectivity index (χ1n) is 7.78. The molecule has 1 aromatic rings. The van der Waals surface area contributed by atoms with Crippen molar-refractivity contribution in [1.29, 1.82) is 0 Å². The number of nitrogens with zero attached hydrogens (tertiary/aromatic N) is 1. The summed E-state index contributed by atoms with van der Waals surface area (Å²) < 4.78 is 30.2. The molecular formula is C16H23ClN2O5S. The number of nitrogens with one attached hydrogen (secondary N) is 1. The molecule has 140 valence electrons. The third-order valence-corrected chi connectivity index (χ3v) is 5.54. The van der Waals surface area contributed by atoms with Gasteiger partial charge < -0.3 is 10.1 Å². The average molecular weight is 391 g/mol. The Balaban J connectivity index is 2.84. The highest BCUT2D eigenvalue weighted by molar-refractivity contribution is 7.89. The van der Waals surface area contributed by atoms with Crippen LogP contribution in [0.3, 0.4) is 0 Å². The Morgan fingerprint density at radius 3 is 2.52 bits per heavy atom. The smallest absolute Gasteiger partial charge is 0.340 e. The Morgan fingerprint density at radius 2 is 1.96 bits per heavy atom. The van der Waals surface area contributed by atoms with E-state index in [1.165, 1.54) is 26.2 Å². The van der Waals surface area contributed by atoms with Crippen LogP contribution in [0.4, 0.5) is 0 Å². The van der Waals surface area contributed by atoms with Gasteiger partial charge in [-0.15, -0.1) is 0 Å². The van der Waals surface area contributed by atoms with Crippen molar-refractivity contribution >= 4 is 33.5 Å². The minimum absolute atomic E-state index is 0.0200. The first kappa shape index (κ1) is 21.4. The molecule has 1 atom stereocenters. The third-order valence-electron chi connectivity index (χ3n) is 3.40. The standard InChI is InChI=1S/C16H23ClN2O5S/c1-5-6-11(2)18-15(20)10-24-16(21)13-9-12(7-8-14(13)17)25(22,23)19(3)4/h7-9,11H,5-6,10H2,1-4H3,(H,18,20). The number of sulfonamides is 1. The van der Waals surface area contributed by atoms with Crippen LogP contribution in [0.25, 0.3) is 0 Å². The van der Waals surface area contributed by atoms with Crippen molar-refractivity contribution in [2.24, 2.45) is 0 Å². The van der Waals surface area contributed by atoms with Gasteiger partial charge in [-0.2, -0.15) is 0 Å². The second-order valence-electron chi connectivity index (χ2n) is 5.76. The number of carbonyl (C=O) groups excluding carboxylic acids is 2. The van der Waals surface area contributed by atoms with Crippen LogP contribution in [-0.4, -0.2) is 51.3 Å². The molecule has 0 radical (unpaired) electrons. The highest BCUT2D eigenvalue weighted by Crippen LogP contribution is 2.22. The van der Waals surface area contributed by atoms with Crippen LogP contribution in [0.5, 0.6) is 0 Å². The summed E-state index contributed by atoms with van der Waals surface area (Å²) in [5, 5.41) is 2.75. The van der Waals surface area contributed by atoms with Crippen molar-refractivity contribution in [2.45, 2.75) is 37.6 Å². The van der Waals surface area contributed by atoms with Gasteiger partial charge in [-0.05, 0) is 31.5 Å². The molecule has 0 aliphatic heterocycles. The van der Waals surface area contributed by atoms with E-state index in [0.717, 1.165) is 23.2 Å². The monoisotopic (exact) mass is 390 g/mol. The van der Waals surface area contributed by atoms with E-state index in [-0.39, 0.29) is 21.5 Å². The summed E-state index contributed by atoms with van der Waals surface area (Å²) in [5.41, 5.74) is -0.112. The summed E-state index contributed by atoms with van der Waals surface area (Å²) in [6.45, 7) is 3.39. The maximum atomic E-state index is 12.1. The first-order chi connectivity index (χ1) is 11.6. The molecule has 0 fully saturated rings. The Labute approximate surface area is 153 Å². The van der Waals surface area contributed by atoms with Crippen molar-refractivity contribution in [3.05, 3.63) is 28.8 Å². The number of carbonyl (C=O) groups is 2. The van der Waals surface area contributed by atoms with Gasteiger partial charge in [0.1, 0.15) is 0 Å². The van der Waals surface area contributed by atoms with Crippen LogP contribution in [0.15, 0.2) is 23.1 Å². The molecule has 0 bridgehead atoms. The molecule has 0 saturated carbocycles. The fourth-order valence-electron chi connectivity index (χ4n) is 2.06. The molecule has 7 nitrogen and oxygen atoms in total. The maximum Gasteiger partial charge on any atom is 0.340 e. The number of rotatable bonds is 8. The van der Waals surface area contributed by atoms with E-state index in [9.17, 15) is 18.0 Å². The Hall–Kier alpha value is -1.64. The van der Waals surface area contributed by atoms with Crippen LogP contribution in [0.2, 0.25) is 5.02 Å². The van der Waals surface area contributed by atoms with Crippen LogP contribution >= 0.6 is 11.6 Å². The van der Waals surface area contributed by atoms with Crippen LogP contribution < -0.4 is 5.32 Å². The molecule has 0 aromatic heterocycles. The molecule has 1 aromatic carbocycles. The molecule has 0 saturated heterocycles. The predicted octanol–water partition coefficient (Wildman–Crippen LogP) is 2.05. The second kappa shape index (κ2) is 9.17. The predicted molar refractivity (Wildman–Crippen MR) is 95.1 cm³/mol. The van der Waals surface area contributed by atoms with Gasteiger partial charge in [0.2, 0.25) is 10.0 Å². The minimum Gasteiger partial charge on any atom is -0.452 e. The van der Waals surface area contributed by atoms with Crippen LogP contribution in [0.1, 0.15) is 37.0 Å². The van der Waals surface area contributed by atoms with Crippen molar-refractivity contribution in [1.82, 2.24) is 9.62 Å². The van der Waals surface area contributed by atoms with Crippen molar-refractivity contribution < 1.29 is 22.7 Å². The molecule has 1 amide bonds. The molecule has 1 N–H and O–H groups in total. The van der Waals surface area contributed by atoms with Gasteiger partial charge in [-0.1, -0.05) is 24.9 Å². The molecular weight excluding hydrogens is 368 g/mol. The number of hydrogen-bond donors (Lipinski definition) is 1. The summed E-state index contributed by atoms with van der Waals surface area (Å²) >= 11 is 5.95. The van der Waals surface area contributed by atoms with Gasteiger partial charge in [0.25, 0.3) is 5.91 Å². The van der Waals surface area contributed by atoms with Crippen molar-refractivity contribution in [3.8, 4) is 0 Å². The minimum atomic E-state index is -3.72. The molecule has 9 heteroatoms. The number of amides is 1. The highest BCUT2D eigenvalue weighted by Gasteiger charge is 2.22. The van der Waals surface area contributed by atoms with Gasteiger partial charge in [0, 0.05) is 20.1 Å². The van der Waals surface area contributed by atoms with E-state index in [0.29, 0.717) is 0 Å². The van der Waals surface area contributed by atoms with E-state index in [1.54, 1.807) is 0 Å². The number of ether oxygens (including phenoxy) is 1. The summed E-state index contributed by atoms with van der Waals surface area (Å²) in [7, 11) is -0.958. The number of hydrogen-bond acceptors (Lipinski definition) is 5. The molecule has 1 unspecified atom stereocenters. The van der Waals surface area contributed by atoms with E-state index < -0.39 is 28.5 Å². The number of halogens is 1. The normalized spacial score (nSPS) is 12.7. The Bertz CT molecular complexity index is 734. The quantitative estimate of drug-likeness (QED) is 0.686. The fourth-order valence-corrected chi connectivity index (χ4v) is 3.19. The third kappa shape index (κ3) is 5.98. The molecule has 0 aliphatic rings. The Kier molecular flexibility index (Phi) is 7.85. The fraction of sp³-hybridized carbons (Fsp3) is 0.500. The molecule has 0 spiro atoms. The van der Waals surface area contributed by atoms with Gasteiger partial charge in [0.15, 0.2) is 6.61 Å². The van der Waals surface area contributed by atoms with E-state index in [2.05, 4.69) is 5.32 Å². The molecule has 0 aliphatic carbocycles. The lowest BCUT2D eigenvalue weighted by atomic mass is 10.2. The van der Waals surface area contributed by atoms with Crippen molar-refractivity contribution in [2.75, 3.05) is 20.7 Å². The van der Waals surface area contributed by atoms with Crippen molar-refractivity contribution in [3.63, 3.8) is 0 Å². The lowest BCUT2D eigenvalue weighted by Crippen LogP contribution is -2.35. The summed E-state index contributed by atoms with van der Waals surface area (Å²) in [6, 6.07) is 3.72. The zero-order valence-electron chi connectivity index (χ0n) is 14.7. The Morgan fingerprint density at radius 1 is 1.32 bits per heavy atom.